The highest BCUT2D eigenvalue weighted by Crippen LogP contribution is 2.47. The van der Waals surface area contributed by atoms with Gasteiger partial charge in [-0.25, -0.2) is 0 Å². The summed E-state index contributed by atoms with van der Waals surface area (Å²) in [5.41, 5.74) is 6.13. The van der Waals surface area contributed by atoms with Crippen LogP contribution in [0.4, 0.5) is 0 Å². The summed E-state index contributed by atoms with van der Waals surface area (Å²) in [5, 5.41) is 3.06. The monoisotopic (exact) mass is 224 g/mol. The van der Waals surface area contributed by atoms with Gasteiger partial charge in [0.2, 0.25) is 5.91 Å². The molecule has 0 aromatic carbocycles. The number of hydrogen-bond donors (Lipinski definition) is 2. The third-order valence-electron chi connectivity index (χ3n) is 4.36. The number of unbranched alkanes of at least 4 members (excludes halogenated alkanes) is 2. The first-order chi connectivity index (χ1) is 7.74. The molecular weight excluding hydrogens is 200 g/mol. The zero-order valence-electron chi connectivity index (χ0n) is 10.2. The highest BCUT2D eigenvalue weighted by atomic mass is 16.1. The van der Waals surface area contributed by atoms with Gasteiger partial charge in [-0.3, -0.25) is 4.79 Å². The largest absolute Gasteiger partial charge is 0.356 e. The minimum atomic E-state index is 0.111. The number of rotatable bonds is 5. The Hall–Kier alpha value is -0.570. The van der Waals surface area contributed by atoms with Crippen LogP contribution in [-0.4, -0.2) is 18.5 Å². The van der Waals surface area contributed by atoms with Gasteiger partial charge in [0, 0.05) is 12.6 Å². The van der Waals surface area contributed by atoms with E-state index in [0.717, 1.165) is 13.0 Å². The van der Waals surface area contributed by atoms with Gasteiger partial charge in [0.15, 0.2) is 0 Å². The van der Waals surface area contributed by atoms with E-state index in [1.807, 2.05) is 0 Å². The molecule has 0 saturated heterocycles. The maximum absolute atomic E-state index is 12.0. The second-order valence-corrected chi connectivity index (χ2v) is 5.43. The van der Waals surface area contributed by atoms with Crippen LogP contribution < -0.4 is 11.1 Å². The van der Waals surface area contributed by atoms with Crippen molar-refractivity contribution in [2.45, 2.75) is 51.5 Å². The molecule has 2 rings (SSSR count). The number of nitrogens with two attached hydrogens (primary N) is 1. The summed E-state index contributed by atoms with van der Waals surface area (Å²) in [6, 6.07) is 0.130. The fraction of sp³-hybridized carbons (Fsp3) is 0.923. The summed E-state index contributed by atoms with van der Waals surface area (Å²) in [7, 11) is 0. The molecule has 0 aliphatic heterocycles. The van der Waals surface area contributed by atoms with Gasteiger partial charge in [0.1, 0.15) is 0 Å². The molecule has 16 heavy (non-hydrogen) atoms. The molecule has 3 nitrogen and oxygen atoms in total. The molecule has 0 heterocycles. The van der Waals surface area contributed by atoms with Crippen LogP contribution in [0.5, 0.6) is 0 Å². The van der Waals surface area contributed by atoms with Gasteiger partial charge >= 0.3 is 0 Å². The fourth-order valence-corrected chi connectivity index (χ4v) is 3.43. The van der Waals surface area contributed by atoms with Crippen LogP contribution in [0.2, 0.25) is 0 Å². The number of carbonyl (C=O) groups is 1. The Labute approximate surface area is 98.2 Å². The Morgan fingerprint density at radius 1 is 1.31 bits per heavy atom. The summed E-state index contributed by atoms with van der Waals surface area (Å²) in [6.45, 7) is 3.00. The van der Waals surface area contributed by atoms with Crippen molar-refractivity contribution >= 4 is 5.91 Å². The van der Waals surface area contributed by atoms with Gasteiger partial charge in [0.05, 0.1) is 5.92 Å². The highest BCUT2D eigenvalue weighted by Gasteiger charge is 2.48. The van der Waals surface area contributed by atoms with E-state index in [0.29, 0.717) is 11.8 Å². The second kappa shape index (κ2) is 5.17. The smallest absolute Gasteiger partial charge is 0.224 e. The molecule has 92 valence electrons. The molecule has 3 heteroatoms. The number of carbonyl (C=O) groups excluding carboxylic acids is 1. The van der Waals surface area contributed by atoms with Gasteiger partial charge in [-0.15, -0.1) is 0 Å². The van der Waals surface area contributed by atoms with E-state index < -0.39 is 0 Å². The molecular formula is C13H24N2O. The van der Waals surface area contributed by atoms with E-state index in [9.17, 15) is 4.79 Å². The zero-order chi connectivity index (χ0) is 11.5. The van der Waals surface area contributed by atoms with Crippen molar-refractivity contribution in [3.05, 3.63) is 0 Å². The van der Waals surface area contributed by atoms with Gasteiger partial charge < -0.3 is 11.1 Å². The molecule has 3 N–H and O–H groups in total. The first-order valence-corrected chi connectivity index (χ1v) is 6.77. The van der Waals surface area contributed by atoms with Gasteiger partial charge in [0.25, 0.3) is 0 Å². The first kappa shape index (κ1) is 11.9. The van der Waals surface area contributed by atoms with Crippen molar-refractivity contribution in [2.24, 2.45) is 23.5 Å². The molecule has 2 aliphatic rings. The lowest BCUT2D eigenvalue weighted by molar-refractivity contribution is -0.127. The third kappa shape index (κ3) is 2.24. The Morgan fingerprint density at radius 3 is 2.69 bits per heavy atom. The minimum Gasteiger partial charge on any atom is -0.356 e. The predicted molar refractivity (Wildman–Crippen MR) is 64.8 cm³/mol. The maximum Gasteiger partial charge on any atom is 0.224 e. The lowest BCUT2D eigenvalue weighted by Gasteiger charge is -2.27. The van der Waals surface area contributed by atoms with Crippen molar-refractivity contribution in [2.75, 3.05) is 6.54 Å². The Balaban J connectivity index is 1.77. The van der Waals surface area contributed by atoms with E-state index in [1.165, 1.54) is 32.1 Å². The van der Waals surface area contributed by atoms with Crippen LogP contribution in [0.1, 0.15) is 45.4 Å². The van der Waals surface area contributed by atoms with Crippen LogP contribution in [0.3, 0.4) is 0 Å². The van der Waals surface area contributed by atoms with Crippen molar-refractivity contribution in [1.29, 1.82) is 0 Å². The second-order valence-electron chi connectivity index (χ2n) is 5.43. The molecule has 0 spiro atoms. The molecule has 0 radical (unpaired) electrons. The van der Waals surface area contributed by atoms with Crippen molar-refractivity contribution < 1.29 is 4.79 Å². The molecule has 4 atom stereocenters. The van der Waals surface area contributed by atoms with Crippen LogP contribution in [0, 0.1) is 17.8 Å². The number of amides is 1. The predicted octanol–water partition coefficient (Wildman–Crippen LogP) is 1.67. The third-order valence-corrected chi connectivity index (χ3v) is 4.36. The summed E-state index contributed by atoms with van der Waals surface area (Å²) in [4.78, 5) is 12.0. The average Bonchev–Trinajstić information content (AvgIpc) is 2.84. The normalized spacial score (nSPS) is 36.6. The lowest BCUT2D eigenvalue weighted by Crippen LogP contribution is -2.45. The van der Waals surface area contributed by atoms with Crippen molar-refractivity contribution in [3.63, 3.8) is 0 Å². The average molecular weight is 224 g/mol. The summed E-state index contributed by atoms with van der Waals surface area (Å²) in [6.07, 6.45) is 7.13. The van der Waals surface area contributed by atoms with Crippen LogP contribution >= 0.6 is 0 Å². The van der Waals surface area contributed by atoms with Gasteiger partial charge in [-0.2, -0.15) is 0 Å². The quantitative estimate of drug-likeness (QED) is 0.698. The van der Waals surface area contributed by atoms with Crippen molar-refractivity contribution in [1.82, 2.24) is 5.32 Å². The molecule has 0 aromatic rings. The van der Waals surface area contributed by atoms with Gasteiger partial charge in [-0.1, -0.05) is 19.8 Å². The highest BCUT2D eigenvalue weighted by molar-refractivity contribution is 5.80. The summed E-state index contributed by atoms with van der Waals surface area (Å²) >= 11 is 0. The fourth-order valence-electron chi connectivity index (χ4n) is 3.43. The Bertz CT molecular complexity index is 252. The molecule has 4 unspecified atom stereocenters. The summed E-state index contributed by atoms with van der Waals surface area (Å²) in [5.74, 6) is 1.53. The molecule has 2 bridgehead atoms. The van der Waals surface area contributed by atoms with Crippen LogP contribution in [0.25, 0.3) is 0 Å². The maximum atomic E-state index is 12.0. The van der Waals surface area contributed by atoms with E-state index >= 15 is 0 Å². The number of nitrogens with one attached hydrogen (secondary N) is 1. The zero-order valence-corrected chi connectivity index (χ0v) is 10.2. The van der Waals surface area contributed by atoms with E-state index in [1.54, 1.807) is 0 Å². The Kier molecular flexibility index (Phi) is 3.85. The first-order valence-electron chi connectivity index (χ1n) is 6.77. The molecule has 0 aromatic heterocycles. The SMILES string of the molecule is CCCCCNC(=O)C1C2CCC(C2)C1N. The summed E-state index contributed by atoms with van der Waals surface area (Å²) < 4.78 is 0. The van der Waals surface area contributed by atoms with Crippen LogP contribution in [0.15, 0.2) is 0 Å². The molecule has 2 saturated carbocycles. The van der Waals surface area contributed by atoms with E-state index in [4.69, 9.17) is 5.73 Å². The van der Waals surface area contributed by atoms with Crippen molar-refractivity contribution in [3.8, 4) is 0 Å². The van der Waals surface area contributed by atoms with E-state index in [2.05, 4.69) is 12.2 Å². The van der Waals surface area contributed by atoms with E-state index in [-0.39, 0.29) is 17.9 Å². The number of fused-ring (bicyclic) bond motifs is 2. The molecule has 1 amide bonds. The van der Waals surface area contributed by atoms with Gasteiger partial charge in [-0.05, 0) is 37.5 Å². The molecule has 2 aliphatic carbocycles. The lowest BCUT2D eigenvalue weighted by atomic mass is 9.84. The minimum absolute atomic E-state index is 0.111. The van der Waals surface area contributed by atoms with Crippen LogP contribution in [-0.2, 0) is 4.79 Å². The Morgan fingerprint density at radius 2 is 2.06 bits per heavy atom. The molecule has 2 fully saturated rings. The topological polar surface area (TPSA) is 55.1 Å². The number of hydrogen-bond acceptors (Lipinski definition) is 2. The standard InChI is InChI=1S/C13H24N2O/c1-2-3-4-7-15-13(16)11-9-5-6-10(8-9)12(11)14/h9-12H,2-8,14H2,1H3,(H,15,16).